The number of carbonyl (C=O) groups is 2. The fraction of sp³-hybridized carbons (Fsp3) is 0.455. The van der Waals surface area contributed by atoms with Gasteiger partial charge in [0, 0.05) is 51.8 Å². The second-order valence-corrected chi connectivity index (χ2v) is 9.89. The van der Waals surface area contributed by atoms with Gasteiger partial charge in [0.1, 0.15) is 0 Å². The predicted octanol–water partition coefficient (Wildman–Crippen LogP) is 2.65. The number of anilines is 1. The maximum absolute atomic E-state index is 12.3. The number of piperazine rings is 1. The summed E-state index contributed by atoms with van der Waals surface area (Å²) < 4.78 is 0. The third-order valence-electron chi connectivity index (χ3n) is 6.58. The van der Waals surface area contributed by atoms with Gasteiger partial charge in [-0.25, -0.2) is 0 Å². The predicted molar refractivity (Wildman–Crippen MR) is 129 cm³/mol. The van der Waals surface area contributed by atoms with Crippen LogP contribution in [0.3, 0.4) is 0 Å². The molecule has 0 bridgehead atoms. The molecule has 5 rings (SSSR count). The second-order valence-electron chi connectivity index (χ2n) is 8.65. The van der Waals surface area contributed by atoms with E-state index in [1.54, 1.807) is 6.07 Å². The molecule has 0 saturated carbocycles. The van der Waals surface area contributed by atoms with E-state index < -0.39 is 0 Å². The molecule has 0 spiro atoms. The van der Waals surface area contributed by atoms with Crippen LogP contribution in [0.5, 0.6) is 0 Å². The van der Waals surface area contributed by atoms with Crippen LogP contribution in [0.1, 0.15) is 34.9 Å². The van der Waals surface area contributed by atoms with Crippen LogP contribution in [0.25, 0.3) is 0 Å². The number of piperidine rings is 1. The molecule has 0 radical (unpaired) electrons. The van der Waals surface area contributed by atoms with Gasteiger partial charge in [-0.2, -0.15) is 12.6 Å². The van der Waals surface area contributed by atoms with Crippen LogP contribution in [0.15, 0.2) is 24.3 Å². The van der Waals surface area contributed by atoms with E-state index in [1.165, 1.54) is 11.1 Å². The summed E-state index contributed by atoms with van der Waals surface area (Å²) in [5, 5.41) is 10.7. The highest BCUT2D eigenvalue weighted by Crippen LogP contribution is 2.39. The number of halogens is 2. The molecule has 3 aliphatic heterocycles. The Labute approximate surface area is 207 Å². The van der Waals surface area contributed by atoms with Crippen molar-refractivity contribution >= 4 is 53.3 Å². The number of hydrogen-bond acceptors (Lipinski definition) is 8. The summed E-state index contributed by atoms with van der Waals surface area (Å²) >= 11 is 17.0. The van der Waals surface area contributed by atoms with Gasteiger partial charge in [-0.05, 0) is 23.1 Å². The number of carbonyl (C=O) groups excluding carboxylic acids is 2. The summed E-state index contributed by atoms with van der Waals surface area (Å²) in [6.45, 7) is 4.95. The lowest BCUT2D eigenvalue weighted by atomic mass is 10.0. The molecule has 1 N–H and O–H groups in total. The minimum absolute atomic E-state index is 0.146. The number of nitrogens with zero attached hydrogens (tertiary/aromatic N) is 5. The van der Waals surface area contributed by atoms with Crippen LogP contribution in [0.2, 0.25) is 10.3 Å². The minimum Gasteiger partial charge on any atom is -0.366 e. The smallest absolute Gasteiger partial charge is 0.243 e. The molecule has 0 aliphatic carbocycles. The Morgan fingerprint density at radius 3 is 2.64 bits per heavy atom. The monoisotopic (exact) mass is 506 g/mol. The van der Waals surface area contributed by atoms with Crippen molar-refractivity contribution in [1.82, 2.24) is 25.3 Å². The summed E-state index contributed by atoms with van der Waals surface area (Å²) in [5.41, 5.74) is 4.38. The Balaban J connectivity index is 1.21. The molecule has 1 aromatic carbocycles. The number of benzene rings is 1. The first kappa shape index (κ1) is 22.9. The maximum Gasteiger partial charge on any atom is 0.243 e. The highest BCUT2D eigenvalue weighted by Gasteiger charge is 2.39. The van der Waals surface area contributed by atoms with E-state index in [9.17, 15) is 9.59 Å². The number of aromatic nitrogens is 2. The molecule has 11 heteroatoms. The minimum atomic E-state index is -0.322. The molecule has 2 amide bonds. The summed E-state index contributed by atoms with van der Waals surface area (Å²) in [4.78, 5) is 30.5. The molecular formula is C22H24Cl2N6O2S. The van der Waals surface area contributed by atoms with Crippen molar-refractivity contribution in [3.8, 4) is 0 Å². The molecule has 3 aliphatic rings. The number of imide groups is 1. The Morgan fingerprint density at radius 1 is 1.09 bits per heavy atom. The number of rotatable bonds is 4. The van der Waals surface area contributed by atoms with Crippen LogP contribution < -0.4 is 10.2 Å². The third-order valence-corrected chi connectivity index (χ3v) is 7.61. The van der Waals surface area contributed by atoms with Crippen molar-refractivity contribution in [2.75, 3.05) is 31.1 Å². The number of fused-ring (bicyclic) bond motifs is 1. The Hall–Kier alpha value is -1.91. The molecule has 33 heavy (non-hydrogen) atoms. The molecule has 2 fully saturated rings. The zero-order valence-corrected chi connectivity index (χ0v) is 20.3. The fourth-order valence-corrected chi connectivity index (χ4v) is 5.71. The van der Waals surface area contributed by atoms with Crippen LogP contribution >= 0.6 is 35.8 Å². The second kappa shape index (κ2) is 9.38. The van der Waals surface area contributed by atoms with E-state index in [-0.39, 0.29) is 23.2 Å². The van der Waals surface area contributed by atoms with Gasteiger partial charge in [-0.1, -0.05) is 41.4 Å². The zero-order valence-electron chi connectivity index (χ0n) is 17.9. The molecule has 174 valence electrons. The van der Waals surface area contributed by atoms with E-state index in [0.29, 0.717) is 29.7 Å². The van der Waals surface area contributed by atoms with E-state index >= 15 is 0 Å². The molecule has 2 saturated heterocycles. The van der Waals surface area contributed by atoms with E-state index in [1.807, 2.05) is 0 Å². The summed E-state index contributed by atoms with van der Waals surface area (Å²) in [6.07, 6.45) is 0.906. The van der Waals surface area contributed by atoms with Crippen molar-refractivity contribution < 1.29 is 9.59 Å². The van der Waals surface area contributed by atoms with Crippen LogP contribution in [0, 0.1) is 0 Å². The molecule has 4 heterocycles. The third kappa shape index (κ3) is 4.70. The van der Waals surface area contributed by atoms with Gasteiger partial charge in [0.05, 0.1) is 17.1 Å². The van der Waals surface area contributed by atoms with Gasteiger partial charge < -0.3 is 4.90 Å². The Kier molecular flexibility index (Phi) is 6.50. The lowest BCUT2D eigenvalue weighted by molar-refractivity contribution is -0.137. The first-order valence-electron chi connectivity index (χ1n) is 10.9. The highest BCUT2D eigenvalue weighted by atomic mass is 35.5. The number of hydrogen-bond donors (Lipinski definition) is 2. The standard InChI is InChI=1S/C22H24Cl2N6O2S/c23-18-10-17(20(24)27-26-18)29-7-5-28(6-8-29)11-13-1-2-15-14(9-13)12-30(22(15)33)16-3-4-19(31)25-21(16)32/h1-2,9-10,16,22,33H,3-8,11-12H2,(H,25,31,32). The van der Waals surface area contributed by atoms with Crippen molar-refractivity contribution in [2.24, 2.45) is 0 Å². The quantitative estimate of drug-likeness (QED) is 0.487. The summed E-state index contributed by atoms with van der Waals surface area (Å²) in [5.74, 6) is -0.418. The molecule has 2 unspecified atom stereocenters. The first-order valence-corrected chi connectivity index (χ1v) is 12.2. The van der Waals surface area contributed by atoms with E-state index in [4.69, 9.17) is 35.8 Å². The van der Waals surface area contributed by atoms with Gasteiger partial charge in [-0.15, -0.1) is 10.2 Å². The molecule has 1 aromatic heterocycles. The van der Waals surface area contributed by atoms with Crippen LogP contribution in [-0.4, -0.2) is 64.0 Å². The van der Waals surface area contributed by atoms with Crippen molar-refractivity contribution in [2.45, 2.75) is 37.3 Å². The highest BCUT2D eigenvalue weighted by molar-refractivity contribution is 7.80. The van der Waals surface area contributed by atoms with Crippen molar-refractivity contribution in [3.05, 3.63) is 51.3 Å². The number of thiol groups is 1. The van der Waals surface area contributed by atoms with Gasteiger partial charge in [0.25, 0.3) is 0 Å². The molecule has 8 nitrogen and oxygen atoms in total. The first-order chi connectivity index (χ1) is 15.9. The Bertz CT molecular complexity index is 1090. The van der Waals surface area contributed by atoms with Gasteiger partial charge in [0.15, 0.2) is 10.3 Å². The molecule has 2 aromatic rings. The fourth-order valence-electron chi connectivity index (χ4n) is 4.86. The topological polar surface area (TPSA) is 81.7 Å². The van der Waals surface area contributed by atoms with Crippen molar-refractivity contribution in [1.29, 1.82) is 0 Å². The normalized spacial score (nSPS) is 24.2. The van der Waals surface area contributed by atoms with Crippen molar-refractivity contribution in [3.63, 3.8) is 0 Å². The SMILES string of the molecule is O=C1CCC(N2Cc3cc(CN4CCN(c5cc(Cl)nnc5Cl)CC4)ccc3C2S)C(=O)N1. The van der Waals surface area contributed by atoms with Gasteiger partial charge in [0.2, 0.25) is 11.8 Å². The van der Waals surface area contributed by atoms with Crippen LogP contribution in [0.4, 0.5) is 5.69 Å². The number of nitrogens with one attached hydrogen (secondary N) is 1. The average molecular weight is 507 g/mol. The lowest BCUT2D eigenvalue weighted by Crippen LogP contribution is -2.51. The van der Waals surface area contributed by atoms with E-state index in [0.717, 1.165) is 44.0 Å². The zero-order chi connectivity index (χ0) is 23.1. The largest absolute Gasteiger partial charge is 0.366 e. The van der Waals surface area contributed by atoms with Crippen LogP contribution in [-0.2, 0) is 22.7 Å². The maximum atomic E-state index is 12.3. The molecular weight excluding hydrogens is 483 g/mol. The number of amides is 2. The van der Waals surface area contributed by atoms with E-state index in [2.05, 4.69) is 48.4 Å². The van der Waals surface area contributed by atoms with Gasteiger partial charge >= 0.3 is 0 Å². The Morgan fingerprint density at radius 2 is 1.88 bits per heavy atom. The lowest BCUT2D eigenvalue weighted by Gasteiger charge is -2.36. The van der Waals surface area contributed by atoms with Gasteiger partial charge in [-0.3, -0.25) is 24.7 Å². The summed E-state index contributed by atoms with van der Waals surface area (Å²) in [6, 6.07) is 7.92. The molecule has 2 atom stereocenters. The summed E-state index contributed by atoms with van der Waals surface area (Å²) in [7, 11) is 0. The average Bonchev–Trinajstić information content (AvgIpc) is 3.11.